The average Bonchev–Trinajstić information content (AvgIpc) is 2.87. The molecular weight excluding hydrogens is 350 g/mol. The van der Waals surface area contributed by atoms with Crippen LogP contribution in [0.2, 0.25) is 0 Å². The van der Waals surface area contributed by atoms with Gasteiger partial charge >= 0.3 is 0 Å². The van der Waals surface area contributed by atoms with Crippen LogP contribution in [-0.4, -0.2) is 47.5 Å². The van der Waals surface area contributed by atoms with Gasteiger partial charge in [-0.25, -0.2) is 0 Å². The third-order valence-electron chi connectivity index (χ3n) is 6.00. The van der Waals surface area contributed by atoms with E-state index >= 15 is 0 Å². The summed E-state index contributed by atoms with van der Waals surface area (Å²) in [4.78, 5) is 27.2. The first-order valence-electron chi connectivity index (χ1n) is 10.1. The van der Waals surface area contributed by atoms with E-state index in [2.05, 4.69) is 42.9 Å². The van der Waals surface area contributed by atoms with E-state index in [1.165, 1.54) is 22.3 Å². The number of likely N-dealkylation sites (N-methyl/N-ethyl adjacent to an activating group) is 1. The molecule has 2 atom stereocenters. The lowest BCUT2D eigenvalue weighted by atomic mass is 9.86. The van der Waals surface area contributed by atoms with Crippen molar-refractivity contribution in [3.63, 3.8) is 0 Å². The lowest BCUT2D eigenvalue weighted by molar-refractivity contribution is -0.124. The molecule has 0 spiro atoms. The Morgan fingerprint density at radius 2 is 2.14 bits per heavy atom. The number of hydrogen-bond acceptors (Lipinski definition) is 3. The Kier molecular flexibility index (Phi) is 6.04. The van der Waals surface area contributed by atoms with Gasteiger partial charge in [-0.3, -0.25) is 19.1 Å². The second kappa shape index (κ2) is 8.31. The van der Waals surface area contributed by atoms with E-state index in [1.54, 1.807) is 10.6 Å². The second-order valence-corrected chi connectivity index (χ2v) is 7.75. The van der Waals surface area contributed by atoms with Gasteiger partial charge in [0.2, 0.25) is 11.8 Å². The lowest BCUT2D eigenvalue weighted by Gasteiger charge is -2.37. The topological polar surface area (TPSA) is 54.3 Å². The van der Waals surface area contributed by atoms with Gasteiger partial charge in [0.1, 0.15) is 0 Å². The number of nitrogens with one attached hydrogen (secondary N) is 1. The fourth-order valence-electron chi connectivity index (χ4n) is 4.48. The third kappa shape index (κ3) is 3.63. The van der Waals surface area contributed by atoms with E-state index in [0.29, 0.717) is 19.5 Å². The highest BCUT2D eigenvalue weighted by Crippen LogP contribution is 2.36. The zero-order chi connectivity index (χ0) is 20.4. The first-order chi connectivity index (χ1) is 13.4. The summed E-state index contributed by atoms with van der Waals surface area (Å²) in [7, 11) is 2.09. The summed E-state index contributed by atoms with van der Waals surface area (Å²) in [6.45, 7) is 11.1. The molecule has 3 rings (SSSR count). The first-order valence-corrected chi connectivity index (χ1v) is 10.1. The summed E-state index contributed by atoms with van der Waals surface area (Å²) in [5.41, 5.74) is 5.99. The van der Waals surface area contributed by atoms with Gasteiger partial charge in [-0.1, -0.05) is 18.2 Å². The molecule has 0 fully saturated rings. The van der Waals surface area contributed by atoms with Gasteiger partial charge in [0.05, 0.1) is 5.92 Å². The van der Waals surface area contributed by atoms with Gasteiger partial charge in [-0.05, 0) is 62.9 Å². The SMILES string of the molecule is C=CCC(=O)n1cc2c(c1C)C/C(=C\C)C1=C[C@@H](C(=O)NCC)CN(C)[C@@H]1C2. The monoisotopic (exact) mass is 381 g/mol. The maximum atomic E-state index is 12.5. The van der Waals surface area contributed by atoms with Gasteiger partial charge in [0.15, 0.2) is 0 Å². The second-order valence-electron chi connectivity index (χ2n) is 7.75. The maximum absolute atomic E-state index is 12.5. The van der Waals surface area contributed by atoms with Crippen molar-refractivity contribution < 1.29 is 9.59 Å². The molecule has 28 heavy (non-hydrogen) atoms. The molecule has 5 nitrogen and oxygen atoms in total. The predicted octanol–water partition coefficient (Wildman–Crippen LogP) is 3.05. The highest BCUT2D eigenvalue weighted by molar-refractivity contribution is 5.82. The molecule has 0 saturated heterocycles. The Morgan fingerprint density at radius 1 is 1.39 bits per heavy atom. The minimum atomic E-state index is -0.126. The van der Waals surface area contributed by atoms with Crippen molar-refractivity contribution in [2.75, 3.05) is 20.1 Å². The van der Waals surface area contributed by atoms with Crippen LogP contribution in [0.4, 0.5) is 0 Å². The van der Waals surface area contributed by atoms with Crippen LogP contribution in [0.15, 0.2) is 42.2 Å². The molecular formula is C23H31N3O2. The summed E-state index contributed by atoms with van der Waals surface area (Å²) < 4.78 is 1.79. The minimum absolute atomic E-state index is 0.0617. The van der Waals surface area contributed by atoms with Crippen LogP contribution in [0.25, 0.3) is 0 Å². The molecule has 150 valence electrons. The molecule has 0 bridgehead atoms. The smallest absolute Gasteiger partial charge is 0.234 e. The highest BCUT2D eigenvalue weighted by atomic mass is 16.2. The molecule has 1 N–H and O–H groups in total. The Balaban J connectivity index is 2.01. The van der Waals surface area contributed by atoms with E-state index in [0.717, 1.165) is 18.5 Å². The van der Waals surface area contributed by atoms with Gasteiger partial charge in [0.25, 0.3) is 0 Å². The van der Waals surface area contributed by atoms with Crippen molar-refractivity contribution in [1.82, 2.24) is 14.8 Å². The summed E-state index contributed by atoms with van der Waals surface area (Å²) in [6.07, 6.45) is 9.98. The molecule has 0 unspecified atom stereocenters. The Hall–Kier alpha value is -2.40. The van der Waals surface area contributed by atoms with Gasteiger partial charge in [-0.2, -0.15) is 0 Å². The summed E-state index contributed by atoms with van der Waals surface area (Å²) >= 11 is 0. The first kappa shape index (κ1) is 20.3. The molecule has 0 saturated carbocycles. The van der Waals surface area contributed by atoms with Crippen LogP contribution in [0, 0.1) is 12.8 Å². The lowest BCUT2D eigenvalue weighted by Crippen LogP contribution is -2.46. The molecule has 0 radical (unpaired) electrons. The Morgan fingerprint density at radius 3 is 2.79 bits per heavy atom. The number of carbonyl (C=O) groups excluding carboxylic acids is 2. The summed E-state index contributed by atoms with van der Waals surface area (Å²) in [5.74, 6) is 0.0292. The van der Waals surface area contributed by atoms with Gasteiger partial charge in [-0.15, -0.1) is 6.58 Å². The number of hydrogen-bond donors (Lipinski definition) is 1. The molecule has 1 aromatic heterocycles. The number of allylic oxidation sites excluding steroid dienone is 2. The Bertz CT molecular complexity index is 859. The number of fused-ring (bicyclic) bond motifs is 2. The van der Waals surface area contributed by atoms with Crippen LogP contribution in [0.1, 0.15) is 41.9 Å². The number of carbonyl (C=O) groups is 2. The van der Waals surface area contributed by atoms with Crippen LogP contribution in [0.5, 0.6) is 0 Å². The van der Waals surface area contributed by atoms with Crippen LogP contribution < -0.4 is 5.32 Å². The van der Waals surface area contributed by atoms with Gasteiger partial charge in [0, 0.05) is 37.4 Å². The van der Waals surface area contributed by atoms with Crippen molar-refractivity contribution in [1.29, 1.82) is 0 Å². The third-order valence-corrected chi connectivity index (χ3v) is 6.00. The molecule has 5 heteroatoms. The maximum Gasteiger partial charge on any atom is 0.234 e. The summed E-state index contributed by atoms with van der Waals surface area (Å²) in [5, 5.41) is 2.95. The number of amides is 1. The van der Waals surface area contributed by atoms with Crippen LogP contribution in [0.3, 0.4) is 0 Å². The van der Waals surface area contributed by atoms with E-state index in [9.17, 15) is 9.59 Å². The van der Waals surface area contributed by atoms with E-state index in [1.807, 2.05) is 20.0 Å². The predicted molar refractivity (Wildman–Crippen MR) is 112 cm³/mol. The molecule has 2 heterocycles. The molecule has 1 aliphatic heterocycles. The fourth-order valence-corrected chi connectivity index (χ4v) is 4.48. The van der Waals surface area contributed by atoms with E-state index in [-0.39, 0.29) is 23.8 Å². The normalized spacial score (nSPS) is 23.4. The average molecular weight is 382 g/mol. The zero-order valence-electron chi connectivity index (χ0n) is 17.4. The fraction of sp³-hybridized carbons (Fsp3) is 0.478. The van der Waals surface area contributed by atoms with Crippen LogP contribution >= 0.6 is 0 Å². The quantitative estimate of drug-likeness (QED) is 0.816. The van der Waals surface area contributed by atoms with Gasteiger partial charge < -0.3 is 5.32 Å². The molecule has 1 aromatic rings. The molecule has 1 aliphatic carbocycles. The number of nitrogens with zero attached hydrogens (tertiary/aromatic N) is 2. The minimum Gasteiger partial charge on any atom is -0.356 e. The van der Waals surface area contributed by atoms with Crippen molar-refractivity contribution in [3.05, 3.63) is 59.0 Å². The van der Waals surface area contributed by atoms with E-state index in [4.69, 9.17) is 0 Å². The van der Waals surface area contributed by atoms with Crippen LogP contribution in [-0.2, 0) is 17.6 Å². The standard InChI is InChI=1S/C23H31N3O2/c1-6-9-22(27)26-14-17-12-21-20(16(7-2)10-19(17)15(26)4)11-18(13-25(21)5)23(28)24-8-3/h6-7,11,14,18,21H,1,8-10,12-13H2,2-5H3,(H,24,28)/b16-7+/t18-,21-/m1/s1. The zero-order valence-corrected chi connectivity index (χ0v) is 17.4. The highest BCUT2D eigenvalue weighted by Gasteiger charge is 2.35. The number of aromatic nitrogens is 1. The van der Waals surface area contributed by atoms with Crippen molar-refractivity contribution in [3.8, 4) is 0 Å². The Labute approximate surface area is 167 Å². The van der Waals surface area contributed by atoms with Crippen molar-refractivity contribution >= 4 is 11.8 Å². The van der Waals surface area contributed by atoms with E-state index < -0.39 is 0 Å². The largest absolute Gasteiger partial charge is 0.356 e. The molecule has 1 amide bonds. The molecule has 2 aliphatic rings. The summed E-state index contributed by atoms with van der Waals surface area (Å²) in [6, 6.07) is 0.225. The van der Waals surface area contributed by atoms with Crippen molar-refractivity contribution in [2.24, 2.45) is 5.92 Å². The van der Waals surface area contributed by atoms with Crippen molar-refractivity contribution in [2.45, 2.75) is 46.1 Å². The molecule has 0 aromatic carbocycles. The number of rotatable bonds is 4.